The Bertz CT molecular complexity index is 788. The van der Waals surface area contributed by atoms with Crippen LogP contribution in [0.3, 0.4) is 0 Å². The molecule has 0 bridgehead atoms. The number of hydrogen-bond donors (Lipinski definition) is 0. The van der Waals surface area contributed by atoms with E-state index in [1.165, 1.54) is 11.1 Å². The molecule has 0 spiro atoms. The first-order chi connectivity index (χ1) is 11.4. The van der Waals surface area contributed by atoms with Crippen molar-refractivity contribution in [2.75, 3.05) is 0 Å². The summed E-state index contributed by atoms with van der Waals surface area (Å²) in [5, 5.41) is 0. The van der Waals surface area contributed by atoms with E-state index in [4.69, 9.17) is 0 Å². The maximum absolute atomic E-state index is 4.57. The van der Waals surface area contributed by atoms with Gasteiger partial charge in [-0.05, 0) is 23.4 Å². The monoisotopic (exact) mass is 298 g/mol. The molecule has 0 atom stereocenters. The summed E-state index contributed by atoms with van der Waals surface area (Å²) < 4.78 is 0. The molecular formula is C21H18N2. The number of benzene rings is 3. The number of nitrogens with zero attached hydrogens (tertiary/aromatic N) is 2. The van der Waals surface area contributed by atoms with E-state index in [1.54, 1.807) is 0 Å². The summed E-state index contributed by atoms with van der Waals surface area (Å²) in [6.45, 7) is 4.26. The highest BCUT2D eigenvalue weighted by molar-refractivity contribution is 6.01. The lowest BCUT2D eigenvalue weighted by atomic mass is 10.0. The molecule has 0 saturated heterocycles. The second-order valence-corrected chi connectivity index (χ2v) is 5.23. The summed E-state index contributed by atoms with van der Waals surface area (Å²) in [5.74, 6) is 0.675. The van der Waals surface area contributed by atoms with Gasteiger partial charge in [0.15, 0.2) is 5.84 Å². The van der Waals surface area contributed by atoms with Crippen LogP contribution in [-0.2, 0) is 6.54 Å². The Labute approximate surface area is 136 Å². The highest BCUT2D eigenvalue weighted by atomic mass is 14.9. The molecule has 23 heavy (non-hydrogen) atoms. The van der Waals surface area contributed by atoms with Crippen LogP contribution in [0.15, 0.2) is 94.9 Å². The van der Waals surface area contributed by atoms with E-state index >= 15 is 0 Å². The van der Waals surface area contributed by atoms with Crippen LogP contribution in [-0.4, -0.2) is 12.6 Å². The standard InChI is InChI=1S/C21H18N2/c1-22-21(23-16-17-8-4-2-5-9-17)20-14-12-19(13-15-20)18-10-6-3-7-11-18/h2-15H,1,16H2. The zero-order valence-corrected chi connectivity index (χ0v) is 12.9. The van der Waals surface area contributed by atoms with Crippen molar-refractivity contribution in [3.05, 3.63) is 96.1 Å². The third-order valence-electron chi connectivity index (χ3n) is 3.65. The summed E-state index contributed by atoms with van der Waals surface area (Å²) >= 11 is 0. The average molecular weight is 298 g/mol. The molecule has 0 N–H and O–H groups in total. The molecule has 2 heteroatoms. The van der Waals surface area contributed by atoms with Gasteiger partial charge in [-0.15, -0.1) is 0 Å². The average Bonchev–Trinajstić information content (AvgIpc) is 2.64. The molecule has 112 valence electrons. The van der Waals surface area contributed by atoms with Gasteiger partial charge in [0, 0.05) is 5.56 Å². The van der Waals surface area contributed by atoms with Gasteiger partial charge in [-0.3, -0.25) is 4.99 Å². The van der Waals surface area contributed by atoms with Crippen molar-refractivity contribution in [2.45, 2.75) is 6.54 Å². The maximum Gasteiger partial charge on any atom is 0.154 e. The zero-order chi connectivity index (χ0) is 15.9. The van der Waals surface area contributed by atoms with Crippen molar-refractivity contribution in [1.29, 1.82) is 0 Å². The summed E-state index contributed by atoms with van der Waals surface area (Å²) in [4.78, 5) is 8.65. The fourth-order valence-electron chi connectivity index (χ4n) is 2.42. The number of rotatable bonds is 4. The van der Waals surface area contributed by atoms with E-state index in [0.29, 0.717) is 12.4 Å². The third kappa shape index (κ3) is 3.80. The Morgan fingerprint density at radius 1 is 0.696 bits per heavy atom. The van der Waals surface area contributed by atoms with E-state index in [-0.39, 0.29) is 0 Å². The SMILES string of the molecule is C=NC(=NCc1ccccc1)c1ccc(-c2ccccc2)cc1. The molecule has 0 radical (unpaired) electrons. The van der Waals surface area contributed by atoms with Crippen LogP contribution in [0.5, 0.6) is 0 Å². The van der Waals surface area contributed by atoms with E-state index in [0.717, 1.165) is 11.1 Å². The Hall–Kier alpha value is -3.00. The van der Waals surface area contributed by atoms with Gasteiger partial charge in [0.1, 0.15) is 0 Å². The van der Waals surface area contributed by atoms with Crippen LogP contribution in [0.2, 0.25) is 0 Å². The third-order valence-corrected chi connectivity index (χ3v) is 3.65. The smallest absolute Gasteiger partial charge is 0.154 e. The molecule has 0 amide bonds. The Morgan fingerprint density at radius 3 is 1.87 bits per heavy atom. The minimum absolute atomic E-state index is 0.607. The van der Waals surface area contributed by atoms with Gasteiger partial charge in [0.25, 0.3) is 0 Å². The Morgan fingerprint density at radius 2 is 1.26 bits per heavy atom. The minimum atomic E-state index is 0.607. The second kappa shape index (κ2) is 7.32. The van der Waals surface area contributed by atoms with E-state index in [9.17, 15) is 0 Å². The van der Waals surface area contributed by atoms with Gasteiger partial charge in [-0.1, -0.05) is 84.9 Å². The fraction of sp³-hybridized carbons (Fsp3) is 0.0476. The Kier molecular flexibility index (Phi) is 4.75. The van der Waals surface area contributed by atoms with Gasteiger partial charge >= 0.3 is 0 Å². The molecule has 2 nitrogen and oxygen atoms in total. The van der Waals surface area contributed by atoms with Crippen LogP contribution >= 0.6 is 0 Å². The van der Waals surface area contributed by atoms with Gasteiger partial charge in [-0.2, -0.15) is 0 Å². The summed E-state index contributed by atoms with van der Waals surface area (Å²) in [7, 11) is 0. The van der Waals surface area contributed by atoms with Gasteiger partial charge < -0.3 is 0 Å². The highest BCUT2D eigenvalue weighted by Crippen LogP contribution is 2.19. The van der Waals surface area contributed by atoms with E-state index < -0.39 is 0 Å². The predicted octanol–water partition coefficient (Wildman–Crippen LogP) is 5.00. The predicted molar refractivity (Wildman–Crippen MR) is 98.1 cm³/mol. The topological polar surface area (TPSA) is 24.7 Å². The van der Waals surface area contributed by atoms with Crippen LogP contribution in [0.1, 0.15) is 11.1 Å². The Balaban J connectivity index is 1.80. The minimum Gasteiger partial charge on any atom is -0.261 e. The van der Waals surface area contributed by atoms with Crippen molar-refractivity contribution in [3.8, 4) is 11.1 Å². The van der Waals surface area contributed by atoms with Crippen LogP contribution < -0.4 is 0 Å². The van der Waals surface area contributed by atoms with Crippen LogP contribution in [0, 0.1) is 0 Å². The first-order valence-corrected chi connectivity index (χ1v) is 7.58. The normalized spacial score (nSPS) is 11.2. The first kappa shape index (κ1) is 14.9. The molecule has 0 aliphatic rings. The van der Waals surface area contributed by atoms with Gasteiger partial charge in [0.2, 0.25) is 0 Å². The van der Waals surface area contributed by atoms with Gasteiger partial charge in [0.05, 0.1) is 6.54 Å². The van der Waals surface area contributed by atoms with Crippen molar-refractivity contribution >= 4 is 12.6 Å². The fourth-order valence-corrected chi connectivity index (χ4v) is 2.42. The molecule has 0 fully saturated rings. The van der Waals surface area contributed by atoms with Crippen molar-refractivity contribution in [3.63, 3.8) is 0 Å². The number of amidine groups is 1. The highest BCUT2D eigenvalue weighted by Gasteiger charge is 2.02. The summed E-state index contributed by atoms with van der Waals surface area (Å²) in [6.07, 6.45) is 0. The van der Waals surface area contributed by atoms with Crippen LogP contribution in [0.4, 0.5) is 0 Å². The largest absolute Gasteiger partial charge is 0.261 e. The lowest BCUT2D eigenvalue weighted by Crippen LogP contribution is -1.97. The molecule has 0 saturated carbocycles. The lowest BCUT2D eigenvalue weighted by Gasteiger charge is -2.05. The first-order valence-electron chi connectivity index (χ1n) is 7.58. The molecule has 0 heterocycles. The maximum atomic E-state index is 4.57. The molecule has 0 aromatic heterocycles. The van der Waals surface area contributed by atoms with Crippen LogP contribution in [0.25, 0.3) is 11.1 Å². The second-order valence-electron chi connectivity index (χ2n) is 5.23. The van der Waals surface area contributed by atoms with Crippen molar-refractivity contribution in [2.24, 2.45) is 9.98 Å². The van der Waals surface area contributed by atoms with E-state index in [1.807, 2.05) is 48.5 Å². The zero-order valence-electron chi connectivity index (χ0n) is 12.9. The van der Waals surface area contributed by atoms with Crippen molar-refractivity contribution in [1.82, 2.24) is 0 Å². The van der Waals surface area contributed by atoms with E-state index in [2.05, 4.69) is 53.1 Å². The molecule has 3 aromatic carbocycles. The molecular weight excluding hydrogens is 280 g/mol. The lowest BCUT2D eigenvalue weighted by molar-refractivity contribution is 1.06. The number of aliphatic imine (C=N–C) groups is 2. The molecule has 0 aliphatic carbocycles. The molecule has 0 unspecified atom stereocenters. The number of hydrogen-bond acceptors (Lipinski definition) is 1. The van der Waals surface area contributed by atoms with Gasteiger partial charge in [-0.25, -0.2) is 4.99 Å². The summed E-state index contributed by atoms with van der Waals surface area (Å²) in [6, 6.07) is 28.7. The molecule has 0 aliphatic heterocycles. The summed E-state index contributed by atoms with van der Waals surface area (Å²) in [5.41, 5.74) is 4.53. The quantitative estimate of drug-likeness (QED) is 0.478. The molecule has 3 aromatic rings. The molecule has 3 rings (SSSR count). The van der Waals surface area contributed by atoms with Crippen molar-refractivity contribution < 1.29 is 0 Å².